The van der Waals surface area contributed by atoms with Crippen molar-refractivity contribution in [3.63, 3.8) is 0 Å². The first-order valence-electron chi connectivity index (χ1n) is 6.82. The number of nitrogens with zero attached hydrogens (tertiary/aromatic N) is 2. The average Bonchev–Trinajstić information content (AvgIpc) is 2.48. The van der Waals surface area contributed by atoms with Gasteiger partial charge in [0.1, 0.15) is 17.5 Å². The summed E-state index contributed by atoms with van der Waals surface area (Å²) in [6, 6.07) is 3.95. The highest BCUT2D eigenvalue weighted by Gasteiger charge is 2.22. The normalized spacial score (nSPS) is 11.6. The van der Waals surface area contributed by atoms with E-state index in [9.17, 15) is 14.9 Å². The van der Waals surface area contributed by atoms with Crippen molar-refractivity contribution >= 4 is 17.3 Å². The maximum Gasteiger partial charge on any atom is 0.296 e. The molecule has 0 saturated carbocycles. The molecule has 1 aromatic carbocycles. The van der Waals surface area contributed by atoms with Crippen LogP contribution in [0.2, 0.25) is 0 Å². The fourth-order valence-corrected chi connectivity index (χ4v) is 2.02. The van der Waals surface area contributed by atoms with Gasteiger partial charge in [0.05, 0.1) is 18.1 Å². The van der Waals surface area contributed by atoms with Gasteiger partial charge in [0.25, 0.3) is 5.69 Å². The smallest absolute Gasteiger partial charge is 0.296 e. The van der Waals surface area contributed by atoms with Gasteiger partial charge >= 0.3 is 0 Å². The Morgan fingerprint density at radius 3 is 2.52 bits per heavy atom. The highest BCUT2D eigenvalue weighted by molar-refractivity contribution is 5.85. The van der Waals surface area contributed by atoms with Crippen molar-refractivity contribution in [2.75, 3.05) is 25.5 Å². The van der Waals surface area contributed by atoms with E-state index in [1.807, 2.05) is 13.8 Å². The quantitative estimate of drug-likeness (QED) is 0.616. The molecule has 0 aliphatic rings. The zero-order valence-corrected chi connectivity index (χ0v) is 12.8. The van der Waals surface area contributed by atoms with Crippen LogP contribution >= 0.6 is 0 Å². The van der Waals surface area contributed by atoms with Crippen LogP contribution < -0.4 is 10.1 Å². The van der Waals surface area contributed by atoms with Crippen LogP contribution in [-0.4, -0.2) is 42.0 Å². The van der Waals surface area contributed by atoms with Gasteiger partial charge in [0.15, 0.2) is 0 Å². The number of hydrogen-bond acceptors (Lipinski definition) is 5. The summed E-state index contributed by atoms with van der Waals surface area (Å²) in [4.78, 5) is 24.5. The number of ether oxygens (including phenoxy) is 1. The fraction of sp³-hybridized carbons (Fsp3) is 0.500. The first-order chi connectivity index (χ1) is 9.94. The van der Waals surface area contributed by atoms with Crippen LogP contribution in [0.3, 0.4) is 0 Å². The SMILES string of the molecule is CCN(CC)C(=O)C(C)Nc1ccc(OC)cc1[N+](=O)[O-]. The highest BCUT2D eigenvalue weighted by Crippen LogP contribution is 2.29. The molecule has 7 heteroatoms. The van der Waals surface area contributed by atoms with Crippen LogP contribution in [0.5, 0.6) is 5.75 Å². The molecule has 1 rings (SSSR count). The van der Waals surface area contributed by atoms with Crippen LogP contribution in [0, 0.1) is 10.1 Å². The van der Waals surface area contributed by atoms with Crippen molar-refractivity contribution in [2.24, 2.45) is 0 Å². The molecule has 116 valence electrons. The van der Waals surface area contributed by atoms with E-state index in [1.165, 1.54) is 13.2 Å². The first-order valence-corrected chi connectivity index (χ1v) is 6.82. The minimum atomic E-state index is -0.544. The summed E-state index contributed by atoms with van der Waals surface area (Å²) in [6.07, 6.45) is 0. The Balaban J connectivity index is 2.96. The lowest BCUT2D eigenvalue weighted by molar-refractivity contribution is -0.384. The van der Waals surface area contributed by atoms with Gasteiger partial charge in [-0.2, -0.15) is 0 Å². The zero-order chi connectivity index (χ0) is 16.0. The average molecular weight is 295 g/mol. The number of nitrogens with one attached hydrogen (secondary N) is 1. The van der Waals surface area contributed by atoms with Crippen LogP contribution in [0.15, 0.2) is 18.2 Å². The van der Waals surface area contributed by atoms with Crippen molar-refractivity contribution in [2.45, 2.75) is 26.8 Å². The molecule has 0 aliphatic carbocycles. The van der Waals surface area contributed by atoms with Crippen molar-refractivity contribution in [1.82, 2.24) is 4.90 Å². The number of hydrogen-bond donors (Lipinski definition) is 1. The third-order valence-corrected chi connectivity index (χ3v) is 3.22. The molecule has 0 aliphatic heterocycles. The maximum atomic E-state index is 12.2. The van der Waals surface area contributed by atoms with E-state index in [1.54, 1.807) is 24.0 Å². The minimum Gasteiger partial charge on any atom is -0.496 e. The lowest BCUT2D eigenvalue weighted by Crippen LogP contribution is -2.41. The summed E-state index contributed by atoms with van der Waals surface area (Å²) in [5.74, 6) is 0.306. The van der Waals surface area contributed by atoms with Gasteiger partial charge < -0.3 is 15.0 Å². The second-order valence-electron chi connectivity index (χ2n) is 4.52. The molecule has 0 saturated heterocycles. The third kappa shape index (κ3) is 4.08. The van der Waals surface area contributed by atoms with Gasteiger partial charge in [-0.1, -0.05) is 0 Å². The first kappa shape index (κ1) is 16.7. The number of methoxy groups -OCH3 is 1. The number of rotatable bonds is 7. The van der Waals surface area contributed by atoms with E-state index >= 15 is 0 Å². The largest absolute Gasteiger partial charge is 0.496 e. The second kappa shape index (κ2) is 7.47. The molecule has 0 heterocycles. The number of likely N-dealkylation sites (N-methyl/N-ethyl adjacent to an activating group) is 1. The highest BCUT2D eigenvalue weighted by atomic mass is 16.6. The number of nitro groups is 1. The van der Waals surface area contributed by atoms with E-state index in [0.29, 0.717) is 24.5 Å². The predicted octanol–water partition coefficient (Wildman–Crippen LogP) is 2.27. The van der Waals surface area contributed by atoms with Crippen LogP contribution in [0.4, 0.5) is 11.4 Å². The molecule has 1 atom stereocenters. The predicted molar refractivity (Wildman–Crippen MR) is 80.7 cm³/mol. The molecule has 21 heavy (non-hydrogen) atoms. The van der Waals surface area contributed by atoms with Crippen molar-refractivity contribution in [3.05, 3.63) is 28.3 Å². The van der Waals surface area contributed by atoms with Gasteiger partial charge in [0.2, 0.25) is 5.91 Å². The third-order valence-electron chi connectivity index (χ3n) is 3.22. The summed E-state index contributed by atoms with van der Waals surface area (Å²) in [6.45, 7) is 6.68. The van der Waals surface area contributed by atoms with E-state index in [2.05, 4.69) is 5.32 Å². The molecule has 1 aromatic rings. The van der Waals surface area contributed by atoms with Gasteiger partial charge in [-0.15, -0.1) is 0 Å². The number of benzene rings is 1. The van der Waals surface area contributed by atoms with Crippen LogP contribution in [0.25, 0.3) is 0 Å². The zero-order valence-electron chi connectivity index (χ0n) is 12.8. The molecule has 0 spiro atoms. The monoisotopic (exact) mass is 295 g/mol. The molecule has 1 unspecified atom stereocenters. The van der Waals surface area contributed by atoms with E-state index in [4.69, 9.17) is 4.74 Å². The van der Waals surface area contributed by atoms with Crippen LogP contribution in [-0.2, 0) is 4.79 Å². The number of amides is 1. The summed E-state index contributed by atoms with van der Waals surface area (Å²) in [5, 5.41) is 14.0. The summed E-state index contributed by atoms with van der Waals surface area (Å²) >= 11 is 0. The molecule has 7 nitrogen and oxygen atoms in total. The Kier molecular flexibility index (Phi) is 5.95. The van der Waals surface area contributed by atoms with Crippen molar-refractivity contribution in [3.8, 4) is 5.75 Å². The molecular formula is C14H21N3O4. The summed E-state index contributed by atoms with van der Waals surface area (Å²) in [5.41, 5.74) is 0.183. The van der Waals surface area contributed by atoms with Gasteiger partial charge in [0, 0.05) is 13.1 Å². The number of nitro benzene ring substituents is 1. The molecule has 1 N–H and O–H groups in total. The van der Waals surface area contributed by atoms with E-state index in [-0.39, 0.29) is 11.6 Å². The molecule has 0 bridgehead atoms. The van der Waals surface area contributed by atoms with Crippen molar-refractivity contribution < 1.29 is 14.5 Å². The van der Waals surface area contributed by atoms with E-state index in [0.717, 1.165) is 0 Å². The number of carbonyl (C=O) groups excluding carboxylic acids is 1. The lowest BCUT2D eigenvalue weighted by atomic mass is 10.2. The Hall–Kier alpha value is -2.31. The van der Waals surface area contributed by atoms with Gasteiger partial charge in [-0.3, -0.25) is 14.9 Å². The summed E-state index contributed by atoms with van der Waals surface area (Å²) in [7, 11) is 1.44. The van der Waals surface area contributed by atoms with Gasteiger partial charge in [-0.05, 0) is 32.9 Å². The molecule has 1 amide bonds. The summed E-state index contributed by atoms with van der Waals surface area (Å²) < 4.78 is 4.98. The second-order valence-corrected chi connectivity index (χ2v) is 4.52. The Morgan fingerprint density at radius 1 is 1.43 bits per heavy atom. The molecule has 0 fully saturated rings. The Bertz CT molecular complexity index is 515. The molecule has 0 aromatic heterocycles. The number of carbonyl (C=O) groups is 1. The van der Waals surface area contributed by atoms with Gasteiger partial charge in [-0.25, -0.2) is 0 Å². The fourth-order valence-electron chi connectivity index (χ4n) is 2.02. The topological polar surface area (TPSA) is 84.7 Å². The minimum absolute atomic E-state index is 0.0925. The van der Waals surface area contributed by atoms with Crippen molar-refractivity contribution in [1.29, 1.82) is 0 Å². The lowest BCUT2D eigenvalue weighted by Gasteiger charge is -2.24. The Morgan fingerprint density at radius 2 is 2.05 bits per heavy atom. The standard InChI is InChI=1S/C14H21N3O4/c1-5-16(6-2)14(18)10(3)15-12-8-7-11(21-4)9-13(12)17(19)20/h7-10,15H,5-6H2,1-4H3. The Labute approximate surface area is 124 Å². The van der Waals surface area contributed by atoms with Crippen LogP contribution in [0.1, 0.15) is 20.8 Å². The molecule has 0 radical (unpaired) electrons. The maximum absolute atomic E-state index is 12.2. The molecular weight excluding hydrogens is 274 g/mol. The number of anilines is 1. The van der Waals surface area contributed by atoms with E-state index < -0.39 is 11.0 Å².